The van der Waals surface area contributed by atoms with Gasteiger partial charge in [-0.3, -0.25) is 4.79 Å². The Labute approximate surface area is 182 Å². The number of rotatable bonds is 2. The van der Waals surface area contributed by atoms with Gasteiger partial charge in [0.25, 0.3) is 5.91 Å². The number of aromatic nitrogens is 3. The van der Waals surface area contributed by atoms with Crippen molar-refractivity contribution < 1.29 is 4.79 Å². The lowest BCUT2D eigenvalue weighted by molar-refractivity contribution is 0.0727. The molecule has 5 nitrogen and oxygen atoms in total. The lowest BCUT2D eigenvalue weighted by Crippen LogP contribution is -2.36. The standard InChI is InChI=1S/C24H21BrN4O/c25-19-10-4-8-16-18-14-28(13-12-20(18)26-22(16)19)24(30)23-17-9-5-11-21(17)29(27-23)15-6-2-1-3-7-15/h1-4,6-8,10,26H,5,9,11-14H2. The first-order valence-corrected chi connectivity index (χ1v) is 11.2. The molecule has 0 fully saturated rings. The van der Waals surface area contributed by atoms with E-state index in [2.05, 4.69) is 45.2 Å². The minimum absolute atomic E-state index is 0.0535. The minimum Gasteiger partial charge on any atom is -0.357 e. The lowest BCUT2D eigenvalue weighted by atomic mass is 10.0. The molecule has 6 rings (SSSR count). The first kappa shape index (κ1) is 18.0. The Morgan fingerprint density at radius 1 is 1.00 bits per heavy atom. The van der Waals surface area contributed by atoms with E-state index < -0.39 is 0 Å². The van der Waals surface area contributed by atoms with E-state index in [4.69, 9.17) is 5.10 Å². The van der Waals surface area contributed by atoms with Crippen LogP contribution in [0.15, 0.2) is 53.0 Å². The molecule has 0 radical (unpaired) electrons. The summed E-state index contributed by atoms with van der Waals surface area (Å²) in [6, 6.07) is 16.4. The van der Waals surface area contributed by atoms with E-state index >= 15 is 0 Å². The third-order valence-corrected chi connectivity index (χ3v) is 7.04. The second-order valence-corrected chi connectivity index (χ2v) is 8.95. The summed E-state index contributed by atoms with van der Waals surface area (Å²) in [5.41, 5.74) is 7.57. The number of nitrogens with zero attached hydrogens (tertiary/aromatic N) is 3. The van der Waals surface area contributed by atoms with E-state index in [1.54, 1.807) is 0 Å². The van der Waals surface area contributed by atoms with Crippen LogP contribution in [0.2, 0.25) is 0 Å². The molecule has 1 amide bonds. The van der Waals surface area contributed by atoms with E-state index in [9.17, 15) is 4.79 Å². The molecule has 1 aliphatic carbocycles. The number of amides is 1. The van der Waals surface area contributed by atoms with Gasteiger partial charge in [0.05, 0.1) is 11.2 Å². The number of aromatic amines is 1. The Kier molecular flexibility index (Phi) is 4.09. The molecular weight excluding hydrogens is 440 g/mol. The van der Waals surface area contributed by atoms with Crippen LogP contribution in [0.25, 0.3) is 16.6 Å². The molecule has 30 heavy (non-hydrogen) atoms. The Balaban J connectivity index is 1.38. The van der Waals surface area contributed by atoms with Crippen molar-refractivity contribution in [2.45, 2.75) is 32.2 Å². The van der Waals surface area contributed by atoms with E-state index in [0.717, 1.165) is 46.9 Å². The summed E-state index contributed by atoms with van der Waals surface area (Å²) in [5, 5.41) is 6.00. The highest BCUT2D eigenvalue weighted by Crippen LogP contribution is 2.33. The molecule has 3 heterocycles. The van der Waals surface area contributed by atoms with E-state index in [-0.39, 0.29) is 5.91 Å². The molecular formula is C24H21BrN4O. The average molecular weight is 461 g/mol. The predicted octanol–water partition coefficient (Wildman–Crippen LogP) is 4.80. The van der Waals surface area contributed by atoms with Crippen LogP contribution in [0, 0.1) is 0 Å². The molecule has 0 saturated heterocycles. The molecule has 0 spiro atoms. The number of nitrogens with one attached hydrogen (secondary N) is 1. The van der Waals surface area contributed by atoms with Gasteiger partial charge in [-0.2, -0.15) is 5.10 Å². The molecule has 1 aliphatic heterocycles. The Bertz CT molecular complexity index is 1290. The Morgan fingerprint density at radius 2 is 1.87 bits per heavy atom. The van der Waals surface area contributed by atoms with Crippen molar-refractivity contribution >= 4 is 32.7 Å². The van der Waals surface area contributed by atoms with Gasteiger partial charge in [0.1, 0.15) is 0 Å². The summed E-state index contributed by atoms with van der Waals surface area (Å²) < 4.78 is 3.04. The topological polar surface area (TPSA) is 53.9 Å². The van der Waals surface area contributed by atoms with Gasteiger partial charge < -0.3 is 9.88 Å². The maximum Gasteiger partial charge on any atom is 0.274 e. The highest BCUT2D eigenvalue weighted by molar-refractivity contribution is 9.10. The van der Waals surface area contributed by atoms with Gasteiger partial charge in [-0.1, -0.05) is 30.3 Å². The minimum atomic E-state index is 0.0535. The van der Waals surface area contributed by atoms with Gasteiger partial charge in [0.2, 0.25) is 0 Å². The first-order valence-electron chi connectivity index (χ1n) is 10.4. The van der Waals surface area contributed by atoms with Gasteiger partial charge in [-0.15, -0.1) is 0 Å². The molecule has 0 atom stereocenters. The van der Waals surface area contributed by atoms with Crippen molar-refractivity contribution in [1.29, 1.82) is 0 Å². The van der Waals surface area contributed by atoms with Crippen LogP contribution in [0.3, 0.4) is 0 Å². The van der Waals surface area contributed by atoms with Crippen LogP contribution in [-0.2, 0) is 25.8 Å². The van der Waals surface area contributed by atoms with Crippen LogP contribution in [0.5, 0.6) is 0 Å². The SMILES string of the molecule is O=C(c1nn(-c2ccccc2)c2c1CCC2)N1CCc2[nH]c3c(Br)cccc3c2C1. The van der Waals surface area contributed by atoms with E-state index in [1.807, 2.05) is 33.8 Å². The van der Waals surface area contributed by atoms with Crippen LogP contribution in [-0.4, -0.2) is 32.1 Å². The molecule has 0 saturated carbocycles. The van der Waals surface area contributed by atoms with Gasteiger partial charge in [-0.25, -0.2) is 4.68 Å². The quantitative estimate of drug-likeness (QED) is 0.466. The zero-order valence-corrected chi connectivity index (χ0v) is 18.1. The fourth-order valence-electron chi connectivity index (χ4n) is 4.92. The number of para-hydroxylation sites is 2. The third-order valence-electron chi connectivity index (χ3n) is 6.38. The maximum absolute atomic E-state index is 13.6. The van der Waals surface area contributed by atoms with Crippen LogP contribution < -0.4 is 0 Å². The molecule has 2 aliphatic rings. The Morgan fingerprint density at radius 3 is 2.73 bits per heavy atom. The molecule has 0 unspecified atom stereocenters. The summed E-state index contributed by atoms with van der Waals surface area (Å²) in [4.78, 5) is 19.1. The predicted molar refractivity (Wildman–Crippen MR) is 120 cm³/mol. The van der Waals surface area contributed by atoms with E-state index in [0.29, 0.717) is 18.8 Å². The largest absolute Gasteiger partial charge is 0.357 e. The zero-order chi connectivity index (χ0) is 20.2. The molecule has 0 bridgehead atoms. The smallest absolute Gasteiger partial charge is 0.274 e. The molecule has 4 aromatic rings. The van der Waals surface area contributed by atoms with Crippen molar-refractivity contribution in [3.05, 3.63) is 81.2 Å². The van der Waals surface area contributed by atoms with Gasteiger partial charge in [0.15, 0.2) is 5.69 Å². The number of hydrogen-bond donors (Lipinski definition) is 1. The first-order chi connectivity index (χ1) is 14.7. The van der Waals surface area contributed by atoms with Crippen molar-refractivity contribution in [2.75, 3.05) is 6.54 Å². The fourth-order valence-corrected chi connectivity index (χ4v) is 5.38. The average Bonchev–Trinajstić information content (AvgIpc) is 3.48. The van der Waals surface area contributed by atoms with Crippen molar-refractivity contribution in [2.24, 2.45) is 0 Å². The zero-order valence-electron chi connectivity index (χ0n) is 16.5. The fraction of sp³-hybridized carbons (Fsp3) is 0.250. The summed E-state index contributed by atoms with van der Waals surface area (Å²) >= 11 is 3.64. The summed E-state index contributed by atoms with van der Waals surface area (Å²) in [6.45, 7) is 1.33. The van der Waals surface area contributed by atoms with Gasteiger partial charge >= 0.3 is 0 Å². The van der Waals surface area contributed by atoms with Crippen LogP contribution in [0.4, 0.5) is 0 Å². The second-order valence-electron chi connectivity index (χ2n) is 8.10. The highest BCUT2D eigenvalue weighted by Gasteiger charge is 2.32. The highest BCUT2D eigenvalue weighted by atomic mass is 79.9. The number of benzene rings is 2. The number of carbonyl (C=O) groups excluding carboxylic acids is 1. The second kappa shape index (κ2) is 6.84. The van der Waals surface area contributed by atoms with Gasteiger partial charge in [0, 0.05) is 51.9 Å². The number of halogens is 1. The molecule has 2 aromatic carbocycles. The Hall–Kier alpha value is -2.86. The third kappa shape index (κ3) is 2.67. The van der Waals surface area contributed by atoms with Crippen molar-refractivity contribution in [3.8, 4) is 5.69 Å². The monoisotopic (exact) mass is 460 g/mol. The number of carbonyl (C=O) groups is 1. The molecule has 6 heteroatoms. The van der Waals surface area contributed by atoms with Crippen LogP contribution in [0.1, 0.15) is 39.4 Å². The molecule has 150 valence electrons. The van der Waals surface area contributed by atoms with E-state index in [1.165, 1.54) is 22.3 Å². The summed E-state index contributed by atoms with van der Waals surface area (Å²) in [5.74, 6) is 0.0535. The summed E-state index contributed by atoms with van der Waals surface area (Å²) in [7, 11) is 0. The molecule has 2 aromatic heterocycles. The lowest BCUT2D eigenvalue weighted by Gasteiger charge is -2.27. The normalized spacial score (nSPS) is 15.4. The van der Waals surface area contributed by atoms with Gasteiger partial charge in [-0.05, 0) is 53.4 Å². The number of hydrogen-bond acceptors (Lipinski definition) is 2. The van der Waals surface area contributed by atoms with Crippen molar-refractivity contribution in [1.82, 2.24) is 19.7 Å². The molecule has 1 N–H and O–H groups in total. The number of fused-ring (bicyclic) bond motifs is 4. The maximum atomic E-state index is 13.6. The summed E-state index contributed by atoms with van der Waals surface area (Å²) in [6.07, 6.45) is 3.83. The van der Waals surface area contributed by atoms with Crippen LogP contribution >= 0.6 is 15.9 Å². The number of H-pyrrole nitrogens is 1. The van der Waals surface area contributed by atoms with Crippen molar-refractivity contribution in [3.63, 3.8) is 0 Å².